The van der Waals surface area contributed by atoms with E-state index >= 15 is 0 Å². The summed E-state index contributed by atoms with van der Waals surface area (Å²) in [5, 5.41) is 13.1. The molecule has 2 heterocycles. The van der Waals surface area contributed by atoms with Gasteiger partial charge in [-0.1, -0.05) is 17.7 Å². The number of hydrogen-bond donors (Lipinski definition) is 3. The van der Waals surface area contributed by atoms with Crippen molar-refractivity contribution in [2.75, 3.05) is 11.9 Å². The molecule has 0 aliphatic carbocycles. The second kappa shape index (κ2) is 7.31. The van der Waals surface area contributed by atoms with Crippen molar-refractivity contribution in [1.82, 2.24) is 15.0 Å². The number of nitrogens with zero attached hydrogens (tertiary/aromatic N) is 2. The number of pyridine rings is 1. The molecule has 0 unspecified atom stereocenters. The van der Waals surface area contributed by atoms with Crippen molar-refractivity contribution in [3.8, 4) is 17.3 Å². The van der Waals surface area contributed by atoms with Crippen LogP contribution in [-0.4, -0.2) is 26.6 Å². The molecule has 8 heteroatoms. The molecular weight excluding hydrogens is 347 g/mol. The third-order valence-corrected chi connectivity index (χ3v) is 3.89. The molecule has 0 saturated heterocycles. The second-order valence-corrected chi connectivity index (χ2v) is 5.66. The monoisotopic (exact) mass is 360 g/mol. The Morgan fingerprint density at radius 2 is 2.08 bits per heavy atom. The molecule has 3 rings (SSSR count). The van der Waals surface area contributed by atoms with Crippen molar-refractivity contribution in [1.29, 1.82) is 0 Å². The molecule has 0 aliphatic heterocycles. The van der Waals surface area contributed by atoms with E-state index in [9.17, 15) is 14.3 Å². The Kier molecular flexibility index (Phi) is 4.95. The first kappa shape index (κ1) is 16.9. The predicted octanol–water partition coefficient (Wildman–Crippen LogP) is 2.98. The average molecular weight is 361 g/mol. The number of aromatic nitrogens is 3. The third kappa shape index (κ3) is 4.13. The van der Waals surface area contributed by atoms with Crippen molar-refractivity contribution >= 4 is 17.4 Å². The van der Waals surface area contributed by atoms with Crippen molar-refractivity contribution in [3.05, 3.63) is 69.4 Å². The van der Waals surface area contributed by atoms with Crippen molar-refractivity contribution in [3.63, 3.8) is 0 Å². The molecule has 0 amide bonds. The fourth-order valence-corrected chi connectivity index (χ4v) is 2.59. The molecule has 0 atom stereocenters. The number of anilines is 1. The SMILES string of the molecule is O=c1ccc(-c2cc(NCCc3c(F)cccc3Cl)nc(O)n2)c[nH]1. The lowest BCUT2D eigenvalue weighted by Gasteiger charge is -2.09. The first-order valence-electron chi connectivity index (χ1n) is 7.47. The summed E-state index contributed by atoms with van der Waals surface area (Å²) in [6.45, 7) is 0.363. The molecule has 0 aliphatic rings. The van der Waals surface area contributed by atoms with E-state index in [2.05, 4.69) is 20.3 Å². The van der Waals surface area contributed by atoms with Crippen LogP contribution in [0.25, 0.3) is 11.3 Å². The lowest BCUT2D eigenvalue weighted by atomic mass is 10.1. The maximum absolute atomic E-state index is 13.8. The van der Waals surface area contributed by atoms with Gasteiger partial charge in [-0.15, -0.1) is 0 Å². The van der Waals surface area contributed by atoms with Crippen LogP contribution in [0.3, 0.4) is 0 Å². The summed E-state index contributed by atoms with van der Waals surface area (Å²) in [4.78, 5) is 21.5. The number of benzene rings is 1. The molecule has 3 aromatic rings. The van der Waals surface area contributed by atoms with Gasteiger partial charge in [-0.25, -0.2) is 4.39 Å². The lowest BCUT2D eigenvalue weighted by molar-refractivity contribution is 0.432. The van der Waals surface area contributed by atoms with Gasteiger partial charge in [0.05, 0.1) is 5.69 Å². The second-order valence-electron chi connectivity index (χ2n) is 5.26. The van der Waals surface area contributed by atoms with Gasteiger partial charge in [-0.2, -0.15) is 9.97 Å². The summed E-state index contributed by atoms with van der Waals surface area (Å²) >= 11 is 5.99. The first-order chi connectivity index (χ1) is 12.0. The minimum Gasteiger partial charge on any atom is -0.479 e. The summed E-state index contributed by atoms with van der Waals surface area (Å²) in [6.07, 6.45) is 1.84. The van der Waals surface area contributed by atoms with Gasteiger partial charge in [-0.3, -0.25) is 4.79 Å². The number of aromatic hydroxyl groups is 1. The normalized spacial score (nSPS) is 10.6. The Hall–Kier alpha value is -2.93. The van der Waals surface area contributed by atoms with Gasteiger partial charge in [-0.05, 0) is 24.6 Å². The molecule has 3 N–H and O–H groups in total. The fraction of sp³-hybridized carbons (Fsp3) is 0.118. The Morgan fingerprint density at radius 1 is 1.24 bits per heavy atom. The quantitative estimate of drug-likeness (QED) is 0.650. The van der Waals surface area contributed by atoms with Crippen molar-refractivity contribution in [2.24, 2.45) is 0 Å². The van der Waals surface area contributed by atoms with E-state index in [0.29, 0.717) is 40.6 Å². The van der Waals surface area contributed by atoms with Gasteiger partial charge in [0.2, 0.25) is 5.56 Å². The molecule has 0 bridgehead atoms. The van der Waals surface area contributed by atoms with Crippen LogP contribution in [0.2, 0.25) is 5.02 Å². The van der Waals surface area contributed by atoms with Gasteiger partial charge >= 0.3 is 6.01 Å². The van der Waals surface area contributed by atoms with E-state index in [4.69, 9.17) is 11.6 Å². The molecule has 2 aromatic heterocycles. The zero-order valence-electron chi connectivity index (χ0n) is 13.0. The minimum absolute atomic E-state index is 0.234. The molecule has 6 nitrogen and oxygen atoms in total. The standard InChI is InChI=1S/C17H14ClFN4O2/c18-12-2-1-3-13(19)11(12)6-7-20-15-8-14(22-17(25)23-15)10-4-5-16(24)21-9-10/h1-5,8-9H,6-7H2,(H,21,24)(H2,20,22,23,25). The van der Waals surface area contributed by atoms with Crippen LogP contribution in [0.15, 0.2) is 47.4 Å². The van der Waals surface area contributed by atoms with Gasteiger partial charge < -0.3 is 15.4 Å². The third-order valence-electron chi connectivity index (χ3n) is 3.54. The molecule has 0 radical (unpaired) electrons. The fourth-order valence-electron chi connectivity index (χ4n) is 2.33. The number of hydrogen-bond acceptors (Lipinski definition) is 5. The van der Waals surface area contributed by atoms with Crippen LogP contribution in [0.4, 0.5) is 10.2 Å². The summed E-state index contributed by atoms with van der Waals surface area (Å²) < 4.78 is 13.8. The highest BCUT2D eigenvalue weighted by Gasteiger charge is 2.09. The first-order valence-corrected chi connectivity index (χ1v) is 7.84. The molecule has 0 spiro atoms. The van der Waals surface area contributed by atoms with Crippen LogP contribution in [0.1, 0.15) is 5.56 Å². The van der Waals surface area contributed by atoms with E-state index in [-0.39, 0.29) is 11.4 Å². The van der Waals surface area contributed by atoms with Crippen molar-refractivity contribution in [2.45, 2.75) is 6.42 Å². The summed E-state index contributed by atoms with van der Waals surface area (Å²) in [5.74, 6) is 0.00919. The van der Waals surface area contributed by atoms with Crippen molar-refractivity contribution < 1.29 is 9.50 Å². The maximum Gasteiger partial charge on any atom is 0.316 e. The van der Waals surface area contributed by atoms with Crippen LogP contribution in [0.5, 0.6) is 6.01 Å². The number of aromatic amines is 1. The van der Waals surface area contributed by atoms with Gasteiger partial charge in [0.15, 0.2) is 0 Å². The zero-order chi connectivity index (χ0) is 17.8. The Labute approximate surface area is 147 Å². The van der Waals surface area contributed by atoms with E-state index in [1.54, 1.807) is 24.3 Å². The summed E-state index contributed by atoms with van der Waals surface area (Å²) in [7, 11) is 0. The number of halogens is 2. The van der Waals surface area contributed by atoms with Crippen LogP contribution < -0.4 is 10.9 Å². The summed E-state index contributed by atoms with van der Waals surface area (Å²) in [6, 6.07) is 8.70. The minimum atomic E-state index is -0.407. The van der Waals surface area contributed by atoms with Gasteiger partial charge in [0.1, 0.15) is 11.6 Å². The highest BCUT2D eigenvalue weighted by molar-refractivity contribution is 6.31. The highest BCUT2D eigenvalue weighted by Crippen LogP contribution is 2.22. The zero-order valence-corrected chi connectivity index (χ0v) is 13.7. The van der Waals surface area contributed by atoms with E-state index in [1.807, 2.05) is 0 Å². The Morgan fingerprint density at radius 3 is 2.80 bits per heavy atom. The van der Waals surface area contributed by atoms with Crippen LogP contribution >= 0.6 is 11.6 Å². The summed E-state index contributed by atoms with van der Waals surface area (Å²) in [5.41, 5.74) is 1.24. The van der Waals surface area contributed by atoms with Gasteiger partial charge in [0, 0.05) is 41.0 Å². The molecular formula is C17H14ClFN4O2. The Bertz CT molecular complexity index is 921. The molecule has 128 valence electrons. The average Bonchev–Trinajstić information content (AvgIpc) is 2.58. The lowest BCUT2D eigenvalue weighted by Crippen LogP contribution is -2.08. The molecule has 0 saturated carbocycles. The van der Waals surface area contributed by atoms with E-state index in [1.165, 1.54) is 18.3 Å². The number of H-pyrrole nitrogens is 1. The Balaban J connectivity index is 1.75. The number of rotatable bonds is 5. The van der Waals surface area contributed by atoms with Gasteiger partial charge in [0.25, 0.3) is 0 Å². The van der Waals surface area contributed by atoms with Crippen LogP contribution in [0, 0.1) is 5.82 Å². The van der Waals surface area contributed by atoms with E-state index in [0.717, 1.165) is 0 Å². The topological polar surface area (TPSA) is 90.9 Å². The maximum atomic E-state index is 13.8. The molecule has 0 fully saturated rings. The van der Waals surface area contributed by atoms with E-state index < -0.39 is 6.01 Å². The van der Waals surface area contributed by atoms with Crippen LogP contribution in [-0.2, 0) is 6.42 Å². The molecule has 25 heavy (non-hydrogen) atoms. The smallest absolute Gasteiger partial charge is 0.316 e. The highest BCUT2D eigenvalue weighted by atomic mass is 35.5. The molecule has 1 aromatic carbocycles. The number of nitrogens with one attached hydrogen (secondary N) is 2. The predicted molar refractivity (Wildman–Crippen MR) is 93.4 cm³/mol. The largest absolute Gasteiger partial charge is 0.479 e.